The second-order valence-electron chi connectivity index (χ2n) is 5.97. The summed E-state index contributed by atoms with van der Waals surface area (Å²) in [6.45, 7) is 6.72. The highest BCUT2D eigenvalue weighted by Crippen LogP contribution is 2.20. The number of piperidine rings is 1. The quantitative estimate of drug-likeness (QED) is 0.820. The molecule has 2 heterocycles. The molecule has 0 aromatic rings. The minimum atomic E-state index is 0.179. The Balaban J connectivity index is 1.79. The first-order chi connectivity index (χ1) is 8.66. The first-order valence-electron chi connectivity index (χ1n) is 7.20. The Bertz CT molecular complexity index is 277. The molecule has 18 heavy (non-hydrogen) atoms. The molecule has 2 aliphatic rings. The zero-order chi connectivity index (χ0) is 13.0. The second-order valence-corrected chi connectivity index (χ2v) is 5.97. The molecule has 0 saturated carbocycles. The Morgan fingerprint density at radius 1 is 1.33 bits per heavy atom. The SMILES string of the molecule is CC1CNCC(C(=O)N(C)CC2CCOCC2)C1. The highest BCUT2D eigenvalue weighted by Gasteiger charge is 2.28. The van der Waals surface area contributed by atoms with Crippen molar-refractivity contribution in [3.05, 3.63) is 0 Å². The van der Waals surface area contributed by atoms with Gasteiger partial charge in [0.2, 0.25) is 5.91 Å². The van der Waals surface area contributed by atoms with Crippen LogP contribution in [0.3, 0.4) is 0 Å². The molecule has 0 bridgehead atoms. The molecule has 2 unspecified atom stereocenters. The van der Waals surface area contributed by atoms with E-state index in [0.717, 1.165) is 52.1 Å². The largest absolute Gasteiger partial charge is 0.381 e. The van der Waals surface area contributed by atoms with Gasteiger partial charge in [-0.05, 0) is 37.6 Å². The number of nitrogens with one attached hydrogen (secondary N) is 1. The van der Waals surface area contributed by atoms with Crippen LogP contribution in [0.1, 0.15) is 26.2 Å². The van der Waals surface area contributed by atoms with Crippen LogP contribution < -0.4 is 5.32 Å². The van der Waals surface area contributed by atoms with E-state index in [1.807, 2.05) is 11.9 Å². The smallest absolute Gasteiger partial charge is 0.226 e. The molecule has 1 N–H and O–H groups in total. The van der Waals surface area contributed by atoms with Gasteiger partial charge >= 0.3 is 0 Å². The van der Waals surface area contributed by atoms with Crippen molar-refractivity contribution < 1.29 is 9.53 Å². The average Bonchev–Trinajstić information content (AvgIpc) is 2.39. The fraction of sp³-hybridized carbons (Fsp3) is 0.929. The zero-order valence-corrected chi connectivity index (χ0v) is 11.7. The number of ether oxygens (including phenoxy) is 1. The third kappa shape index (κ3) is 3.69. The van der Waals surface area contributed by atoms with Crippen molar-refractivity contribution in [3.8, 4) is 0 Å². The molecule has 4 heteroatoms. The first-order valence-corrected chi connectivity index (χ1v) is 7.20. The van der Waals surface area contributed by atoms with Crippen LogP contribution in [0.4, 0.5) is 0 Å². The Morgan fingerprint density at radius 2 is 2.06 bits per heavy atom. The van der Waals surface area contributed by atoms with Gasteiger partial charge in [-0.3, -0.25) is 4.79 Å². The fourth-order valence-corrected chi connectivity index (χ4v) is 3.06. The van der Waals surface area contributed by atoms with Gasteiger partial charge in [0, 0.05) is 33.4 Å². The fourth-order valence-electron chi connectivity index (χ4n) is 3.06. The molecule has 0 aliphatic carbocycles. The van der Waals surface area contributed by atoms with Crippen molar-refractivity contribution in [2.45, 2.75) is 26.2 Å². The van der Waals surface area contributed by atoms with Crippen LogP contribution in [-0.4, -0.2) is 50.7 Å². The summed E-state index contributed by atoms with van der Waals surface area (Å²) in [6, 6.07) is 0. The number of nitrogens with zero attached hydrogens (tertiary/aromatic N) is 1. The number of hydrogen-bond donors (Lipinski definition) is 1. The van der Waals surface area contributed by atoms with Crippen molar-refractivity contribution in [2.24, 2.45) is 17.8 Å². The lowest BCUT2D eigenvalue weighted by molar-refractivity contribution is -0.136. The van der Waals surface area contributed by atoms with Gasteiger partial charge in [0.15, 0.2) is 0 Å². The van der Waals surface area contributed by atoms with Crippen molar-refractivity contribution in [2.75, 3.05) is 39.9 Å². The predicted molar refractivity (Wildman–Crippen MR) is 71.3 cm³/mol. The standard InChI is InChI=1S/C14H26N2O2/c1-11-7-13(9-15-8-11)14(17)16(2)10-12-3-5-18-6-4-12/h11-13,15H,3-10H2,1-2H3. The topological polar surface area (TPSA) is 41.6 Å². The summed E-state index contributed by atoms with van der Waals surface area (Å²) in [5.74, 6) is 1.74. The summed E-state index contributed by atoms with van der Waals surface area (Å²) >= 11 is 0. The summed E-state index contributed by atoms with van der Waals surface area (Å²) < 4.78 is 5.36. The average molecular weight is 254 g/mol. The van der Waals surface area contributed by atoms with Crippen molar-refractivity contribution in [1.82, 2.24) is 10.2 Å². The number of hydrogen-bond acceptors (Lipinski definition) is 3. The van der Waals surface area contributed by atoms with Crippen LogP contribution in [0.5, 0.6) is 0 Å². The van der Waals surface area contributed by atoms with Gasteiger partial charge in [-0.2, -0.15) is 0 Å². The maximum atomic E-state index is 12.4. The van der Waals surface area contributed by atoms with Crippen LogP contribution in [-0.2, 0) is 9.53 Å². The van der Waals surface area contributed by atoms with Crippen LogP contribution >= 0.6 is 0 Å². The Kier molecular flexibility index (Phi) is 5.01. The van der Waals surface area contributed by atoms with E-state index in [-0.39, 0.29) is 5.92 Å². The van der Waals surface area contributed by atoms with Crippen LogP contribution in [0.25, 0.3) is 0 Å². The molecule has 4 nitrogen and oxygen atoms in total. The Hall–Kier alpha value is -0.610. The van der Waals surface area contributed by atoms with Crippen molar-refractivity contribution in [3.63, 3.8) is 0 Å². The van der Waals surface area contributed by atoms with E-state index in [2.05, 4.69) is 12.2 Å². The lowest BCUT2D eigenvalue weighted by Gasteiger charge is -2.32. The van der Waals surface area contributed by atoms with Gasteiger partial charge in [0.1, 0.15) is 0 Å². The summed E-state index contributed by atoms with van der Waals surface area (Å²) in [4.78, 5) is 14.3. The third-order valence-corrected chi connectivity index (χ3v) is 4.17. The first kappa shape index (κ1) is 13.8. The van der Waals surface area contributed by atoms with E-state index in [1.165, 1.54) is 0 Å². The molecule has 0 aromatic heterocycles. The molecule has 2 saturated heterocycles. The number of carbonyl (C=O) groups excluding carboxylic acids is 1. The van der Waals surface area contributed by atoms with Gasteiger partial charge in [-0.25, -0.2) is 0 Å². The Morgan fingerprint density at radius 3 is 2.72 bits per heavy atom. The van der Waals surface area contributed by atoms with Gasteiger partial charge in [-0.1, -0.05) is 6.92 Å². The number of amides is 1. The van der Waals surface area contributed by atoms with Gasteiger partial charge < -0.3 is 15.0 Å². The van der Waals surface area contributed by atoms with Crippen LogP contribution in [0.15, 0.2) is 0 Å². The van der Waals surface area contributed by atoms with E-state index in [4.69, 9.17) is 4.74 Å². The zero-order valence-electron chi connectivity index (χ0n) is 11.7. The van der Waals surface area contributed by atoms with Gasteiger partial charge in [0.05, 0.1) is 5.92 Å². The normalized spacial score (nSPS) is 30.1. The lowest BCUT2D eigenvalue weighted by Crippen LogP contribution is -2.45. The molecule has 0 aromatic carbocycles. The van der Waals surface area contributed by atoms with Crippen molar-refractivity contribution in [1.29, 1.82) is 0 Å². The minimum absolute atomic E-state index is 0.179. The molecule has 104 valence electrons. The summed E-state index contributed by atoms with van der Waals surface area (Å²) in [5.41, 5.74) is 0. The highest BCUT2D eigenvalue weighted by atomic mass is 16.5. The molecule has 1 amide bonds. The highest BCUT2D eigenvalue weighted by molar-refractivity contribution is 5.79. The number of carbonyl (C=O) groups is 1. The number of rotatable bonds is 3. The molecular formula is C14H26N2O2. The maximum Gasteiger partial charge on any atom is 0.226 e. The van der Waals surface area contributed by atoms with E-state index in [1.54, 1.807) is 0 Å². The van der Waals surface area contributed by atoms with Crippen LogP contribution in [0.2, 0.25) is 0 Å². The van der Waals surface area contributed by atoms with Gasteiger partial charge in [0.25, 0.3) is 0 Å². The van der Waals surface area contributed by atoms with Crippen LogP contribution in [0, 0.1) is 17.8 Å². The molecule has 2 atom stereocenters. The van der Waals surface area contributed by atoms with E-state index < -0.39 is 0 Å². The van der Waals surface area contributed by atoms with E-state index in [9.17, 15) is 4.79 Å². The Labute approximate surface area is 110 Å². The van der Waals surface area contributed by atoms with E-state index >= 15 is 0 Å². The minimum Gasteiger partial charge on any atom is -0.381 e. The third-order valence-electron chi connectivity index (χ3n) is 4.17. The summed E-state index contributed by atoms with van der Waals surface area (Å²) in [7, 11) is 1.96. The lowest BCUT2D eigenvalue weighted by atomic mass is 9.90. The summed E-state index contributed by atoms with van der Waals surface area (Å²) in [5, 5.41) is 3.36. The maximum absolute atomic E-state index is 12.4. The van der Waals surface area contributed by atoms with Gasteiger partial charge in [-0.15, -0.1) is 0 Å². The second kappa shape index (κ2) is 6.53. The molecule has 0 spiro atoms. The molecular weight excluding hydrogens is 228 g/mol. The monoisotopic (exact) mass is 254 g/mol. The van der Waals surface area contributed by atoms with E-state index in [0.29, 0.717) is 17.7 Å². The predicted octanol–water partition coefficient (Wildman–Crippen LogP) is 1.12. The molecule has 0 radical (unpaired) electrons. The molecule has 2 fully saturated rings. The molecule has 2 aliphatic heterocycles. The summed E-state index contributed by atoms with van der Waals surface area (Å²) in [6.07, 6.45) is 3.22. The van der Waals surface area contributed by atoms with Crippen molar-refractivity contribution >= 4 is 5.91 Å². The molecule has 2 rings (SSSR count).